The summed E-state index contributed by atoms with van der Waals surface area (Å²) in [7, 11) is -4.20. The zero-order valence-corrected chi connectivity index (χ0v) is 15.2. The summed E-state index contributed by atoms with van der Waals surface area (Å²) >= 11 is 0. The summed E-state index contributed by atoms with van der Waals surface area (Å²) in [6.07, 6.45) is 16.3. The van der Waals surface area contributed by atoms with Gasteiger partial charge in [0.2, 0.25) is 5.09 Å². The summed E-state index contributed by atoms with van der Waals surface area (Å²) in [5.74, 6) is 0.629. The first-order valence-electron chi connectivity index (χ1n) is 9.10. The standard InChI is InChI=1S/C18H32O4S/c1-2-3-4-5-6-7-8-9-10-11-12-13-14-17-15-16-18(22-17)23(19,20)21/h15-16H,2-14H2,1H3,(H,19,20,21). The average Bonchev–Trinajstić information content (AvgIpc) is 2.97. The third kappa shape index (κ3) is 9.82. The van der Waals surface area contributed by atoms with Crippen molar-refractivity contribution >= 4 is 10.1 Å². The van der Waals surface area contributed by atoms with E-state index < -0.39 is 10.1 Å². The Labute approximate surface area is 141 Å². The minimum absolute atomic E-state index is 0.355. The van der Waals surface area contributed by atoms with Gasteiger partial charge in [0, 0.05) is 6.42 Å². The number of aryl methyl sites for hydroxylation is 1. The first-order chi connectivity index (χ1) is 11.0. The third-order valence-electron chi connectivity index (χ3n) is 4.17. The molecule has 0 bridgehead atoms. The molecule has 5 heteroatoms. The Morgan fingerprint density at radius 3 is 1.74 bits per heavy atom. The molecule has 4 nitrogen and oxygen atoms in total. The van der Waals surface area contributed by atoms with Crippen LogP contribution in [0.25, 0.3) is 0 Å². The molecule has 0 aliphatic heterocycles. The predicted octanol–water partition coefficient (Wildman–Crippen LogP) is 5.77. The normalized spacial score (nSPS) is 11.9. The molecule has 0 unspecified atom stereocenters. The van der Waals surface area contributed by atoms with Crippen molar-refractivity contribution in [3.63, 3.8) is 0 Å². The maximum absolute atomic E-state index is 10.9. The summed E-state index contributed by atoms with van der Waals surface area (Å²) in [6.45, 7) is 2.25. The van der Waals surface area contributed by atoms with E-state index in [-0.39, 0.29) is 5.09 Å². The lowest BCUT2D eigenvalue weighted by Crippen LogP contribution is -1.94. The van der Waals surface area contributed by atoms with E-state index in [0.29, 0.717) is 5.76 Å². The van der Waals surface area contributed by atoms with Crippen molar-refractivity contribution in [1.29, 1.82) is 0 Å². The topological polar surface area (TPSA) is 67.5 Å². The molecule has 1 aromatic heterocycles. The molecule has 0 amide bonds. The van der Waals surface area contributed by atoms with E-state index in [9.17, 15) is 8.42 Å². The molecule has 0 aliphatic carbocycles. The molecular weight excluding hydrogens is 312 g/mol. The van der Waals surface area contributed by atoms with Gasteiger partial charge in [0.25, 0.3) is 0 Å². The molecule has 1 aromatic rings. The maximum atomic E-state index is 10.9. The Balaban J connectivity index is 1.93. The second kappa shape index (κ2) is 11.7. The van der Waals surface area contributed by atoms with Crippen LogP contribution < -0.4 is 0 Å². The van der Waals surface area contributed by atoms with Gasteiger partial charge in [-0.2, -0.15) is 8.42 Å². The molecule has 0 saturated carbocycles. The van der Waals surface area contributed by atoms with Crippen LogP contribution >= 0.6 is 0 Å². The van der Waals surface area contributed by atoms with Crippen molar-refractivity contribution in [2.24, 2.45) is 0 Å². The van der Waals surface area contributed by atoms with Crippen LogP contribution in [-0.2, 0) is 16.5 Å². The largest absolute Gasteiger partial charge is 0.447 e. The number of unbranched alkanes of at least 4 members (excludes halogenated alkanes) is 11. The Morgan fingerprint density at radius 2 is 1.30 bits per heavy atom. The van der Waals surface area contributed by atoms with Crippen LogP contribution in [0.2, 0.25) is 0 Å². The second-order valence-electron chi connectivity index (χ2n) is 6.33. The highest BCUT2D eigenvalue weighted by molar-refractivity contribution is 7.85. The summed E-state index contributed by atoms with van der Waals surface area (Å²) in [5, 5.41) is -0.355. The number of hydrogen-bond donors (Lipinski definition) is 1. The molecular formula is C18H32O4S. The lowest BCUT2D eigenvalue weighted by Gasteiger charge is -2.02. The van der Waals surface area contributed by atoms with Crippen molar-refractivity contribution in [2.45, 2.75) is 95.5 Å². The molecule has 134 valence electrons. The van der Waals surface area contributed by atoms with Crippen molar-refractivity contribution < 1.29 is 17.4 Å². The van der Waals surface area contributed by atoms with Crippen molar-refractivity contribution in [3.8, 4) is 0 Å². The van der Waals surface area contributed by atoms with E-state index >= 15 is 0 Å². The zero-order valence-electron chi connectivity index (χ0n) is 14.4. The summed E-state index contributed by atoms with van der Waals surface area (Å²) in [5.41, 5.74) is 0. The average molecular weight is 345 g/mol. The van der Waals surface area contributed by atoms with E-state index in [0.717, 1.165) is 19.3 Å². The molecule has 23 heavy (non-hydrogen) atoms. The van der Waals surface area contributed by atoms with Crippen LogP contribution in [0.4, 0.5) is 0 Å². The molecule has 0 atom stereocenters. The van der Waals surface area contributed by atoms with E-state index in [1.165, 1.54) is 70.3 Å². The van der Waals surface area contributed by atoms with Gasteiger partial charge in [0.15, 0.2) is 0 Å². The molecule has 0 radical (unpaired) electrons. The molecule has 0 fully saturated rings. The fourth-order valence-electron chi connectivity index (χ4n) is 2.77. The van der Waals surface area contributed by atoms with Crippen molar-refractivity contribution in [2.75, 3.05) is 0 Å². The fourth-order valence-corrected chi connectivity index (χ4v) is 3.22. The Hall–Kier alpha value is -0.810. The third-order valence-corrected chi connectivity index (χ3v) is 4.90. The number of rotatable bonds is 14. The van der Waals surface area contributed by atoms with E-state index in [1.807, 2.05) is 0 Å². The van der Waals surface area contributed by atoms with Gasteiger partial charge in [-0.25, -0.2) is 0 Å². The van der Waals surface area contributed by atoms with E-state index in [2.05, 4.69) is 6.92 Å². The Kier molecular flexibility index (Phi) is 10.3. The van der Waals surface area contributed by atoms with Crippen LogP contribution in [0.1, 0.15) is 89.7 Å². The molecule has 0 spiro atoms. The number of hydrogen-bond acceptors (Lipinski definition) is 3. The molecule has 1 heterocycles. The van der Waals surface area contributed by atoms with E-state index in [4.69, 9.17) is 8.97 Å². The van der Waals surface area contributed by atoms with Gasteiger partial charge >= 0.3 is 10.1 Å². The van der Waals surface area contributed by atoms with Gasteiger partial charge in [0.1, 0.15) is 5.76 Å². The lowest BCUT2D eigenvalue weighted by atomic mass is 10.0. The molecule has 0 saturated heterocycles. The molecule has 1 rings (SSSR count). The minimum atomic E-state index is -4.20. The molecule has 0 aliphatic rings. The highest BCUT2D eigenvalue weighted by atomic mass is 32.2. The monoisotopic (exact) mass is 344 g/mol. The second-order valence-corrected chi connectivity index (χ2v) is 7.69. The van der Waals surface area contributed by atoms with Crippen molar-refractivity contribution in [3.05, 3.63) is 17.9 Å². The summed E-state index contributed by atoms with van der Waals surface area (Å²) in [6, 6.07) is 2.94. The van der Waals surface area contributed by atoms with Crippen LogP contribution in [0.5, 0.6) is 0 Å². The maximum Gasteiger partial charge on any atom is 0.328 e. The van der Waals surface area contributed by atoms with Gasteiger partial charge in [-0.3, -0.25) is 4.55 Å². The van der Waals surface area contributed by atoms with Gasteiger partial charge in [-0.1, -0.05) is 77.6 Å². The van der Waals surface area contributed by atoms with Gasteiger partial charge in [-0.05, 0) is 18.6 Å². The highest BCUT2D eigenvalue weighted by Gasteiger charge is 2.14. The van der Waals surface area contributed by atoms with Crippen LogP contribution in [0.3, 0.4) is 0 Å². The first kappa shape index (κ1) is 20.2. The van der Waals surface area contributed by atoms with Crippen LogP contribution in [0.15, 0.2) is 21.6 Å². The SMILES string of the molecule is CCCCCCCCCCCCCCc1ccc(S(=O)(=O)O)o1. The number of furan rings is 1. The van der Waals surface area contributed by atoms with Gasteiger partial charge in [-0.15, -0.1) is 0 Å². The highest BCUT2D eigenvalue weighted by Crippen LogP contribution is 2.17. The zero-order chi connectivity index (χ0) is 17.0. The fraction of sp³-hybridized carbons (Fsp3) is 0.778. The first-order valence-corrected chi connectivity index (χ1v) is 10.5. The Bertz CT molecular complexity index is 505. The lowest BCUT2D eigenvalue weighted by molar-refractivity contribution is 0.381. The van der Waals surface area contributed by atoms with Gasteiger partial charge in [0.05, 0.1) is 0 Å². The van der Waals surface area contributed by atoms with Crippen molar-refractivity contribution in [1.82, 2.24) is 0 Å². The van der Waals surface area contributed by atoms with Gasteiger partial charge < -0.3 is 4.42 Å². The molecule has 1 N–H and O–H groups in total. The quantitative estimate of drug-likeness (QED) is 0.343. The minimum Gasteiger partial charge on any atom is -0.447 e. The summed E-state index contributed by atoms with van der Waals surface area (Å²) < 4.78 is 35.7. The smallest absolute Gasteiger partial charge is 0.328 e. The Morgan fingerprint density at radius 1 is 0.826 bits per heavy atom. The predicted molar refractivity (Wildman–Crippen MR) is 93.3 cm³/mol. The van der Waals surface area contributed by atoms with Crippen LogP contribution in [-0.4, -0.2) is 13.0 Å². The summed E-state index contributed by atoms with van der Waals surface area (Å²) in [4.78, 5) is 0. The molecule has 0 aromatic carbocycles. The van der Waals surface area contributed by atoms with Crippen LogP contribution in [0, 0.1) is 0 Å². The van der Waals surface area contributed by atoms with E-state index in [1.54, 1.807) is 6.07 Å².